The minimum atomic E-state index is -1.26. The molecule has 1 rings (SSSR count). The Morgan fingerprint density at radius 2 is 2.33 bits per heavy atom. The third-order valence-corrected chi connectivity index (χ3v) is 1.54. The Bertz CT molecular complexity index is 170. The molecular formula is C6H6Cl2O. The summed E-state index contributed by atoms with van der Waals surface area (Å²) in [5.74, 6) is 0. The molecule has 0 aliphatic heterocycles. The van der Waals surface area contributed by atoms with E-state index in [-0.39, 0.29) is 0 Å². The molecule has 0 radical (unpaired) electrons. The van der Waals surface area contributed by atoms with E-state index in [4.69, 9.17) is 28.3 Å². The quantitative estimate of drug-likeness (QED) is 0.544. The highest BCUT2D eigenvalue weighted by Crippen LogP contribution is 2.26. The fraction of sp³-hybridized carbons (Fsp3) is 0.333. The van der Waals surface area contributed by atoms with E-state index in [1.54, 1.807) is 12.2 Å². The van der Waals surface area contributed by atoms with Gasteiger partial charge in [-0.05, 0) is 12.2 Å². The van der Waals surface area contributed by atoms with Crippen molar-refractivity contribution in [2.45, 2.75) is 11.5 Å². The van der Waals surface area contributed by atoms with E-state index in [1.165, 1.54) is 6.08 Å². The van der Waals surface area contributed by atoms with E-state index < -0.39 is 5.06 Å². The Morgan fingerprint density at radius 3 is 2.67 bits per heavy atom. The Labute approximate surface area is 63.6 Å². The minimum Gasteiger partial charge on any atom is -0.371 e. The predicted molar refractivity (Wildman–Crippen MR) is 38.5 cm³/mol. The minimum absolute atomic E-state index is 0.421. The third-order valence-electron chi connectivity index (χ3n) is 1.04. The first-order valence-corrected chi connectivity index (χ1v) is 3.32. The molecule has 0 amide bonds. The number of allylic oxidation sites excluding steroid dienone is 2. The lowest BCUT2D eigenvalue weighted by Crippen LogP contribution is -2.17. The molecule has 9 heavy (non-hydrogen) atoms. The maximum atomic E-state index is 9.10. The van der Waals surface area contributed by atoms with E-state index >= 15 is 0 Å². The second-order valence-corrected chi connectivity index (χ2v) is 3.05. The lowest BCUT2D eigenvalue weighted by molar-refractivity contribution is 0.181. The maximum Gasteiger partial charge on any atom is 0.162 e. The standard InChI is InChI=1S/C6H6Cl2O/c7-5-2-1-3-6(8,9)4-5/h1-2,4,9H,3H2. The molecule has 0 saturated carbocycles. The molecule has 1 aliphatic rings. The zero-order valence-corrected chi connectivity index (χ0v) is 6.15. The zero-order chi connectivity index (χ0) is 6.91. The van der Waals surface area contributed by atoms with Crippen LogP contribution in [0.3, 0.4) is 0 Å². The van der Waals surface area contributed by atoms with E-state index in [9.17, 15) is 0 Å². The van der Waals surface area contributed by atoms with E-state index in [0.29, 0.717) is 11.5 Å². The molecule has 0 aromatic heterocycles. The monoisotopic (exact) mass is 164 g/mol. The van der Waals surface area contributed by atoms with Gasteiger partial charge in [-0.25, -0.2) is 0 Å². The molecule has 0 fully saturated rings. The largest absolute Gasteiger partial charge is 0.371 e. The summed E-state index contributed by atoms with van der Waals surface area (Å²) in [6, 6.07) is 0. The van der Waals surface area contributed by atoms with Crippen LogP contribution in [-0.2, 0) is 0 Å². The average molecular weight is 165 g/mol. The van der Waals surface area contributed by atoms with Crippen molar-refractivity contribution < 1.29 is 5.11 Å². The van der Waals surface area contributed by atoms with Gasteiger partial charge in [0.25, 0.3) is 0 Å². The van der Waals surface area contributed by atoms with Gasteiger partial charge in [0.2, 0.25) is 0 Å². The second-order valence-electron chi connectivity index (χ2n) is 1.95. The van der Waals surface area contributed by atoms with Crippen molar-refractivity contribution in [2.75, 3.05) is 0 Å². The summed E-state index contributed by atoms with van der Waals surface area (Å²) in [7, 11) is 0. The van der Waals surface area contributed by atoms with Crippen LogP contribution in [0.15, 0.2) is 23.3 Å². The number of rotatable bonds is 0. The Kier molecular flexibility index (Phi) is 1.85. The molecular weight excluding hydrogens is 159 g/mol. The first kappa shape index (κ1) is 7.13. The van der Waals surface area contributed by atoms with Gasteiger partial charge < -0.3 is 5.11 Å². The smallest absolute Gasteiger partial charge is 0.162 e. The summed E-state index contributed by atoms with van der Waals surface area (Å²) >= 11 is 11.0. The zero-order valence-electron chi connectivity index (χ0n) is 4.64. The fourth-order valence-corrected chi connectivity index (χ4v) is 1.19. The van der Waals surface area contributed by atoms with Crippen LogP contribution in [-0.4, -0.2) is 10.2 Å². The highest BCUT2D eigenvalue weighted by molar-refractivity contribution is 6.33. The lowest BCUT2D eigenvalue weighted by atomic mass is 10.1. The van der Waals surface area contributed by atoms with Gasteiger partial charge in [-0.3, -0.25) is 0 Å². The fourth-order valence-electron chi connectivity index (χ4n) is 0.655. The van der Waals surface area contributed by atoms with Crippen LogP contribution < -0.4 is 0 Å². The summed E-state index contributed by atoms with van der Waals surface area (Å²) in [5, 5.41) is 8.33. The number of aliphatic hydroxyl groups is 1. The van der Waals surface area contributed by atoms with E-state index in [1.807, 2.05) is 0 Å². The molecule has 1 N–H and O–H groups in total. The molecule has 1 aliphatic carbocycles. The van der Waals surface area contributed by atoms with Crippen molar-refractivity contribution in [3.8, 4) is 0 Å². The van der Waals surface area contributed by atoms with Crippen LogP contribution in [0, 0.1) is 0 Å². The molecule has 50 valence electrons. The highest BCUT2D eigenvalue weighted by Gasteiger charge is 2.20. The second kappa shape index (κ2) is 2.33. The summed E-state index contributed by atoms with van der Waals surface area (Å²) in [6.45, 7) is 0. The Balaban J connectivity index is 2.78. The molecule has 1 unspecified atom stereocenters. The van der Waals surface area contributed by atoms with Gasteiger partial charge in [-0.1, -0.05) is 29.3 Å². The normalized spacial score (nSPS) is 34.3. The molecule has 0 saturated heterocycles. The molecule has 3 heteroatoms. The van der Waals surface area contributed by atoms with E-state index in [2.05, 4.69) is 0 Å². The van der Waals surface area contributed by atoms with Crippen molar-refractivity contribution in [1.29, 1.82) is 0 Å². The predicted octanol–water partition coefficient (Wildman–Crippen LogP) is 2.00. The van der Waals surface area contributed by atoms with Crippen LogP contribution in [0.5, 0.6) is 0 Å². The third kappa shape index (κ3) is 2.01. The summed E-state index contributed by atoms with van der Waals surface area (Å²) in [6.07, 6.45) is 5.27. The maximum absolute atomic E-state index is 9.10. The molecule has 1 nitrogen and oxygen atoms in total. The van der Waals surface area contributed by atoms with Gasteiger partial charge >= 0.3 is 0 Å². The Hall–Kier alpha value is 0.0200. The molecule has 0 aromatic rings. The number of halogens is 2. The first-order valence-electron chi connectivity index (χ1n) is 2.56. The van der Waals surface area contributed by atoms with Crippen molar-refractivity contribution in [3.63, 3.8) is 0 Å². The average Bonchev–Trinajstić information content (AvgIpc) is 1.60. The van der Waals surface area contributed by atoms with Gasteiger partial charge in [0, 0.05) is 11.5 Å². The lowest BCUT2D eigenvalue weighted by Gasteiger charge is -2.16. The Morgan fingerprint density at radius 1 is 1.67 bits per heavy atom. The van der Waals surface area contributed by atoms with Crippen molar-refractivity contribution in [3.05, 3.63) is 23.3 Å². The van der Waals surface area contributed by atoms with Gasteiger partial charge in [0.1, 0.15) is 0 Å². The molecule has 0 bridgehead atoms. The SMILES string of the molecule is OC1(Cl)C=C(Cl)C=CC1. The van der Waals surface area contributed by atoms with Gasteiger partial charge in [-0.2, -0.15) is 0 Å². The van der Waals surface area contributed by atoms with Gasteiger partial charge in [-0.15, -0.1) is 0 Å². The van der Waals surface area contributed by atoms with Crippen molar-refractivity contribution in [2.24, 2.45) is 0 Å². The van der Waals surface area contributed by atoms with Gasteiger partial charge in [0.05, 0.1) is 0 Å². The van der Waals surface area contributed by atoms with Crippen LogP contribution in [0.1, 0.15) is 6.42 Å². The van der Waals surface area contributed by atoms with Crippen LogP contribution in [0.25, 0.3) is 0 Å². The molecule has 0 heterocycles. The molecule has 0 aromatic carbocycles. The van der Waals surface area contributed by atoms with Crippen molar-refractivity contribution in [1.82, 2.24) is 0 Å². The summed E-state index contributed by atoms with van der Waals surface area (Å²) < 4.78 is 0. The molecule has 1 atom stereocenters. The van der Waals surface area contributed by atoms with E-state index in [0.717, 1.165) is 0 Å². The topological polar surface area (TPSA) is 20.2 Å². The number of hydrogen-bond acceptors (Lipinski definition) is 1. The first-order chi connectivity index (χ1) is 4.10. The van der Waals surface area contributed by atoms with Gasteiger partial charge in [0.15, 0.2) is 5.06 Å². The summed E-state index contributed by atoms with van der Waals surface area (Å²) in [4.78, 5) is 0. The highest BCUT2D eigenvalue weighted by atomic mass is 35.5. The number of alkyl halides is 1. The number of hydrogen-bond donors (Lipinski definition) is 1. The van der Waals surface area contributed by atoms with Crippen LogP contribution in [0.2, 0.25) is 0 Å². The van der Waals surface area contributed by atoms with Crippen molar-refractivity contribution >= 4 is 23.2 Å². The van der Waals surface area contributed by atoms with Crippen LogP contribution in [0.4, 0.5) is 0 Å². The summed E-state index contributed by atoms with van der Waals surface area (Å²) in [5.41, 5.74) is 0. The molecule has 0 spiro atoms. The van der Waals surface area contributed by atoms with Crippen LogP contribution >= 0.6 is 23.2 Å².